The highest BCUT2D eigenvalue weighted by Gasteiger charge is 2.25. The maximum Gasteiger partial charge on any atom is 0.247 e. The zero-order valence-corrected chi connectivity index (χ0v) is 14.6. The standard InChI is InChI=1S/C20H24N2O3/c1-15(17-11-7-4-8-12-17)19(24)21-18(14-23)20(25)22(2)13-16-9-5-3-6-10-16/h3-12,15,18,23H,13-14H2,1-2H3,(H,21,24). The molecule has 2 atom stereocenters. The van der Waals surface area contributed by atoms with Crippen LogP contribution in [-0.2, 0) is 16.1 Å². The van der Waals surface area contributed by atoms with Gasteiger partial charge in [-0.2, -0.15) is 0 Å². The van der Waals surface area contributed by atoms with Gasteiger partial charge in [-0.25, -0.2) is 0 Å². The van der Waals surface area contributed by atoms with Gasteiger partial charge in [-0.15, -0.1) is 0 Å². The molecule has 132 valence electrons. The molecular weight excluding hydrogens is 316 g/mol. The Kier molecular flexibility index (Phi) is 6.71. The second kappa shape index (κ2) is 8.99. The number of amides is 2. The minimum Gasteiger partial charge on any atom is -0.394 e. The second-order valence-electron chi connectivity index (χ2n) is 6.06. The van der Waals surface area contributed by atoms with Crippen LogP contribution in [0.3, 0.4) is 0 Å². The lowest BCUT2D eigenvalue weighted by Gasteiger charge is -2.24. The van der Waals surface area contributed by atoms with Gasteiger partial charge in [0.2, 0.25) is 11.8 Å². The van der Waals surface area contributed by atoms with Crippen molar-refractivity contribution in [2.24, 2.45) is 0 Å². The van der Waals surface area contributed by atoms with E-state index >= 15 is 0 Å². The van der Waals surface area contributed by atoms with E-state index in [0.29, 0.717) is 6.54 Å². The molecule has 0 radical (unpaired) electrons. The third kappa shape index (κ3) is 5.16. The first kappa shape index (κ1) is 18.7. The Labute approximate surface area is 148 Å². The van der Waals surface area contributed by atoms with Crippen molar-refractivity contribution in [3.8, 4) is 0 Å². The number of aliphatic hydroxyl groups excluding tert-OH is 1. The molecule has 0 spiro atoms. The van der Waals surface area contributed by atoms with E-state index in [0.717, 1.165) is 11.1 Å². The molecule has 0 heterocycles. The number of carbonyl (C=O) groups is 2. The molecule has 0 saturated heterocycles. The Bertz CT molecular complexity index is 689. The van der Waals surface area contributed by atoms with Gasteiger partial charge >= 0.3 is 0 Å². The SMILES string of the molecule is CC(C(=O)NC(CO)C(=O)N(C)Cc1ccccc1)c1ccccc1. The van der Waals surface area contributed by atoms with E-state index in [4.69, 9.17) is 0 Å². The summed E-state index contributed by atoms with van der Waals surface area (Å²) in [5.41, 5.74) is 1.85. The molecule has 5 nitrogen and oxygen atoms in total. The maximum atomic E-state index is 12.5. The Morgan fingerprint density at radius 2 is 1.60 bits per heavy atom. The van der Waals surface area contributed by atoms with Gasteiger partial charge in [0.1, 0.15) is 6.04 Å². The average Bonchev–Trinajstić information content (AvgIpc) is 2.66. The van der Waals surface area contributed by atoms with Crippen LogP contribution in [0.4, 0.5) is 0 Å². The average molecular weight is 340 g/mol. The van der Waals surface area contributed by atoms with Crippen molar-refractivity contribution < 1.29 is 14.7 Å². The molecule has 25 heavy (non-hydrogen) atoms. The highest BCUT2D eigenvalue weighted by molar-refractivity contribution is 5.90. The number of benzene rings is 2. The topological polar surface area (TPSA) is 69.6 Å². The van der Waals surface area contributed by atoms with E-state index in [9.17, 15) is 14.7 Å². The van der Waals surface area contributed by atoms with Crippen LogP contribution in [-0.4, -0.2) is 41.5 Å². The minimum absolute atomic E-state index is 0.285. The van der Waals surface area contributed by atoms with Crippen LogP contribution in [0.5, 0.6) is 0 Å². The van der Waals surface area contributed by atoms with E-state index in [-0.39, 0.29) is 11.8 Å². The van der Waals surface area contributed by atoms with Crippen LogP contribution >= 0.6 is 0 Å². The van der Waals surface area contributed by atoms with Crippen LogP contribution in [0.1, 0.15) is 24.0 Å². The number of hydrogen-bond acceptors (Lipinski definition) is 3. The van der Waals surface area contributed by atoms with Crippen molar-refractivity contribution >= 4 is 11.8 Å². The van der Waals surface area contributed by atoms with Gasteiger partial charge < -0.3 is 15.3 Å². The van der Waals surface area contributed by atoms with Crippen LogP contribution in [0.15, 0.2) is 60.7 Å². The number of rotatable bonds is 7. The molecule has 0 aliphatic rings. The molecule has 2 N–H and O–H groups in total. The summed E-state index contributed by atoms with van der Waals surface area (Å²) in [6.07, 6.45) is 0. The minimum atomic E-state index is -0.952. The summed E-state index contributed by atoms with van der Waals surface area (Å²) < 4.78 is 0. The first-order valence-electron chi connectivity index (χ1n) is 8.28. The fourth-order valence-electron chi connectivity index (χ4n) is 2.58. The monoisotopic (exact) mass is 340 g/mol. The number of aliphatic hydroxyl groups is 1. The molecule has 2 aromatic carbocycles. The lowest BCUT2D eigenvalue weighted by Crippen LogP contribution is -2.50. The highest BCUT2D eigenvalue weighted by Crippen LogP contribution is 2.15. The van der Waals surface area contributed by atoms with Crippen molar-refractivity contribution in [1.82, 2.24) is 10.2 Å². The summed E-state index contributed by atoms with van der Waals surface area (Å²) >= 11 is 0. The third-order valence-electron chi connectivity index (χ3n) is 4.13. The number of nitrogens with zero attached hydrogens (tertiary/aromatic N) is 1. The number of carbonyl (C=O) groups excluding carboxylic acids is 2. The molecule has 0 aromatic heterocycles. The summed E-state index contributed by atoms with van der Waals surface area (Å²) in [6, 6.07) is 17.9. The molecule has 0 bridgehead atoms. The van der Waals surface area contributed by atoms with Crippen molar-refractivity contribution in [2.45, 2.75) is 25.4 Å². The second-order valence-corrected chi connectivity index (χ2v) is 6.06. The van der Waals surface area contributed by atoms with E-state index < -0.39 is 18.6 Å². The molecule has 0 aliphatic carbocycles. The quantitative estimate of drug-likeness (QED) is 0.809. The molecule has 0 fully saturated rings. The van der Waals surface area contributed by atoms with E-state index in [1.165, 1.54) is 4.90 Å². The van der Waals surface area contributed by atoms with Crippen LogP contribution in [0.25, 0.3) is 0 Å². The highest BCUT2D eigenvalue weighted by atomic mass is 16.3. The normalized spacial score (nSPS) is 12.9. The first-order valence-corrected chi connectivity index (χ1v) is 8.28. The van der Waals surface area contributed by atoms with Crippen LogP contribution < -0.4 is 5.32 Å². The molecule has 2 amide bonds. The summed E-state index contributed by atoms with van der Waals surface area (Å²) in [5.74, 6) is -1.01. The van der Waals surface area contributed by atoms with Crippen molar-refractivity contribution in [3.05, 3.63) is 71.8 Å². The lowest BCUT2D eigenvalue weighted by molar-refractivity contribution is -0.137. The predicted octanol–water partition coefficient (Wildman–Crippen LogP) is 1.93. The first-order chi connectivity index (χ1) is 12.0. The summed E-state index contributed by atoms with van der Waals surface area (Å²) in [4.78, 5) is 26.4. The molecule has 2 rings (SSSR count). The fraction of sp³-hybridized carbons (Fsp3) is 0.300. The van der Waals surface area contributed by atoms with Gasteiger partial charge in [0, 0.05) is 13.6 Å². The Morgan fingerprint density at radius 1 is 1.04 bits per heavy atom. The van der Waals surface area contributed by atoms with Crippen molar-refractivity contribution in [1.29, 1.82) is 0 Å². The summed E-state index contributed by atoms with van der Waals surface area (Å²) in [7, 11) is 1.66. The number of hydrogen-bond donors (Lipinski definition) is 2. The summed E-state index contributed by atoms with van der Waals surface area (Å²) in [6.45, 7) is 1.75. The molecular formula is C20H24N2O3. The molecule has 0 saturated carbocycles. The van der Waals surface area contributed by atoms with E-state index in [1.807, 2.05) is 60.7 Å². The Balaban J connectivity index is 1.98. The molecule has 0 aliphatic heterocycles. The van der Waals surface area contributed by atoms with Gasteiger partial charge in [-0.3, -0.25) is 9.59 Å². The van der Waals surface area contributed by atoms with Crippen molar-refractivity contribution in [2.75, 3.05) is 13.7 Å². The largest absolute Gasteiger partial charge is 0.394 e. The van der Waals surface area contributed by atoms with Gasteiger partial charge in [-0.05, 0) is 18.1 Å². The van der Waals surface area contributed by atoms with Gasteiger partial charge in [0.05, 0.1) is 12.5 Å². The molecule has 5 heteroatoms. The van der Waals surface area contributed by atoms with Gasteiger partial charge in [0.25, 0.3) is 0 Å². The molecule has 2 aromatic rings. The maximum absolute atomic E-state index is 12.5. The number of nitrogens with one attached hydrogen (secondary N) is 1. The fourth-order valence-corrected chi connectivity index (χ4v) is 2.58. The van der Waals surface area contributed by atoms with Gasteiger partial charge in [0.15, 0.2) is 0 Å². The lowest BCUT2D eigenvalue weighted by atomic mass is 10.00. The predicted molar refractivity (Wildman–Crippen MR) is 96.8 cm³/mol. The van der Waals surface area contributed by atoms with Gasteiger partial charge in [-0.1, -0.05) is 60.7 Å². The van der Waals surface area contributed by atoms with Crippen LogP contribution in [0, 0.1) is 0 Å². The smallest absolute Gasteiger partial charge is 0.247 e. The van der Waals surface area contributed by atoms with E-state index in [1.54, 1.807) is 14.0 Å². The third-order valence-corrected chi connectivity index (χ3v) is 4.13. The summed E-state index contributed by atoms with van der Waals surface area (Å²) in [5, 5.41) is 12.2. The number of likely N-dealkylation sites (N-methyl/N-ethyl adjacent to an activating group) is 1. The Morgan fingerprint density at radius 3 is 2.16 bits per heavy atom. The van der Waals surface area contributed by atoms with Crippen molar-refractivity contribution in [3.63, 3.8) is 0 Å². The zero-order chi connectivity index (χ0) is 18.2. The zero-order valence-electron chi connectivity index (χ0n) is 14.6. The van der Waals surface area contributed by atoms with E-state index in [2.05, 4.69) is 5.32 Å². The van der Waals surface area contributed by atoms with Crippen LogP contribution in [0.2, 0.25) is 0 Å². The Hall–Kier alpha value is -2.66. The molecule has 2 unspecified atom stereocenters.